The van der Waals surface area contributed by atoms with E-state index < -0.39 is 24.3 Å². The number of fused-ring (bicyclic) bond motifs is 1. The van der Waals surface area contributed by atoms with E-state index in [2.05, 4.69) is 20.4 Å². The predicted molar refractivity (Wildman–Crippen MR) is 108 cm³/mol. The van der Waals surface area contributed by atoms with Crippen molar-refractivity contribution in [3.63, 3.8) is 0 Å². The van der Waals surface area contributed by atoms with Crippen molar-refractivity contribution in [1.29, 1.82) is 0 Å². The minimum absolute atomic E-state index is 0.0365. The van der Waals surface area contributed by atoms with Gasteiger partial charge >= 0.3 is 12.4 Å². The summed E-state index contributed by atoms with van der Waals surface area (Å²) in [6.07, 6.45) is -3.37. The van der Waals surface area contributed by atoms with Crippen LogP contribution in [0.15, 0.2) is 36.5 Å². The van der Waals surface area contributed by atoms with Gasteiger partial charge in [-0.05, 0) is 24.6 Å². The fourth-order valence-electron chi connectivity index (χ4n) is 3.08. The predicted octanol–water partition coefficient (Wildman–Crippen LogP) is 3.23. The number of methoxy groups -OCH3 is 1. The summed E-state index contributed by atoms with van der Waals surface area (Å²) < 4.78 is 51.5. The van der Waals surface area contributed by atoms with Crippen molar-refractivity contribution < 1.29 is 37.0 Å². The van der Waals surface area contributed by atoms with Gasteiger partial charge in [0.15, 0.2) is 5.82 Å². The third-order valence-corrected chi connectivity index (χ3v) is 4.38. The maximum atomic E-state index is 13.0. The number of aromatic nitrogens is 1. The maximum absolute atomic E-state index is 13.0. The molecule has 32 heavy (non-hydrogen) atoms. The molecule has 1 aromatic heterocycles. The van der Waals surface area contributed by atoms with Crippen LogP contribution in [0, 0.1) is 0 Å². The summed E-state index contributed by atoms with van der Waals surface area (Å²) in [5.41, 5.74) is 0.801. The number of nitrogens with one attached hydrogen (secondary N) is 2. The van der Waals surface area contributed by atoms with Crippen molar-refractivity contribution in [3.05, 3.63) is 42.1 Å². The van der Waals surface area contributed by atoms with Gasteiger partial charge in [0, 0.05) is 13.2 Å². The molecule has 1 unspecified atom stereocenters. The van der Waals surface area contributed by atoms with Crippen LogP contribution in [0.25, 0.3) is 0 Å². The zero-order valence-corrected chi connectivity index (χ0v) is 17.2. The molecule has 0 bridgehead atoms. The van der Waals surface area contributed by atoms with Gasteiger partial charge in [-0.15, -0.1) is 13.2 Å². The Kier molecular flexibility index (Phi) is 7.03. The Hall–Kier alpha value is -3.54. The molecule has 172 valence electrons. The van der Waals surface area contributed by atoms with E-state index in [1.807, 2.05) is 0 Å². The number of ether oxygens (including phenoxy) is 3. The summed E-state index contributed by atoms with van der Waals surface area (Å²) >= 11 is 0. The smallest absolute Gasteiger partial charge is 0.492 e. The topological polar surface area (TPSA) is 102 Å². The highest BCUT2D eigenvalue weighted by atomic mass is 19.4. The van der Waals surface area contributed by atoms with E-state index in [0.29, 0.717) is 23.6 Å². The van der Waals surface area contributed by atoms with E-state index in [9.17, 15) is 22.8 Å². The van der Waals surface area contributed by atoms with Gasteiger partial charge < -0.3 is 24.8 Å². The van der Waals surface area contributed by atoms with E-state index in [-0.39, 0.29) is 24.7 Å². The number of nitrogens with zero attached hydrogens (tertiary/aromatic N) is 2. The molecule has 2 aromatic rings. The van der Waals surface area contributed by atoms with Gasteiger partial charge in [-0.25, -0.2) is 9.78 Å². The van der Waals surface area contributed by atoms with Crippen molar-refractivity contribution in [2.24, 2.45) is 0 Å². The van der Waals surface area contributed by atoms with Crippen molar-refractivity contribution in [2.45, 2.75) is 19.3 Å². The number of rotatable bonds is 7. The molecule has 2 N–H and O–H groups in total. The second-order valence-corrected chi connectivity index (χ2v) is 6.68. The molecule has 9 nitrogen and oxygen atoms in total. The quantitative estimate of drug-likeness (QED) is 0.666. The fraction of sp³-hybridized carbons (Fsp3) is 0.350. The van der Waals surface area contributed by atoms with Crippen LogP contribution in [0.3, 0.4) is 0 Å². The highest BCUT2D eigenvalue weighted by molar-refractivity contribution is 6.08. The number of carbonyl (C=O) groups is 2. The third-order valence-electron chi connectivity index (χ3n) is 4.38. The average Bonchev–Trinajstić information content (AvgIpc) is 2.72. The summed E-state index contributed by atoms with van der Waals surface area (Å²) in [6.45, 7) is 1.98. The van der Waals surface area contributed by atoms with Crippen molar-refractivity contribution in [1.82, 2.24) is 10.3 Å². The van der Waals surface area contributed by atoms with Crippen molar-refractivity contribution in [3.8, 4) is 11.5 Å². The molecule has 3 amide bonds. The molecular formula is C20H21F3N4O5. The summed E-state index contributed by atoms with van der Waals surface area (Å²) in [4.78, 5) is 30.5. The van der Waals surface area contributed by atoms with E-state index in [4.69, 9.17) is 9.47 Å². The molecule has 1 aliphatic heterocycles. The molecule has 0 saturated carbocycles. The molecule has 0 radical (unpaired) electrons. The van der Waals surface area contributed by atoms with Crippen LogP contribution in [0.4, 0.5) is 29.5 Å². The second kappa shape index (κ2) is 9.73. The highest BCUT2D eigenvalue weighted by Gasteiger charge is 2.32. The Morgan fingerprint density at radius 2 is 2.00 bits per heavy atom. The van der Waals surface area contributed by atoms with E-state index in [0.717, 1.165) is 17.0 Å². The molecular weight excluding hydrogens is 433 g/mol. The molecule has 2 heterocycles. The number of alkyl halides is 3. The summed E-state index contributed by atoms with van der Waals surface area (Å²) in [5.74, 6) is -0.136. The third kappa shape index (κ3) is 5.78. The van der Waals surface area contributed by atoms with Crippen molar-refractivity contribution in [2.75, 3.05) is 37.1 Å². The van der Waals surface area contributed by atoms with Crippen LogP contribution >= 0.6 is 0 Å². The van der Waals surface area contributed by atoms with Crippen LogP contribution < -0.4 is 25.0 Å². The van der Waals surface area contributed by atoms with Gasteiger partial charge in [-0.1, -0.05) is 12.1 Å². The first-order chi connectivity index (χ1) is 15.2. The first-order valence-electron chi connectivity index (χ1n) is 9.55. The van der Waals surface area contributed by atoms with Crippen LogP contribution in [0.1, 0.15) is 18.5 Å². The number of hydrogen-bond donors (Lipinski definition) is 2. The van der Waals surface area contributed by atoms with Gasteiger partial charge in [0.1, 0.15) is 18.0 Å². The Morgan fingerprint density at radius 1 is 1.28 bits per heavy atom. The maximum Gasteiger partial charge on any atom is 0.573 e. The zero-order chi connectivity index (χ0) is 23.3. The van der Waals surface area contributed by atoms with Crippen LogP contribution in [0.5, 0.6) is 11.5 Å². The number of anilines is 2. The van der Waals surface area contributed by atoms with Crippen molar-refractivity contribution >= 4 is 23.4 Å². The minimum atomic E-state index is -4.81. The summed E-state index contributed by atoms with van der Waals surface area (Å²) in [5, 5.41) is 5.37. The first-order valence-corrected chi connectivity index (χ1v) is 9.55. The second-order valence-electron chi connectivity index (χ2n) is 6.68. The van der Waals surface area contributed by atoms with E-state index in [1.54, 1.807) is 13.0 Å². The first kappa shape index (κ1) is 23.1. The number of amides is 3. The zero-order valence-electron chi connectivity index (χ0n) is 17.2. The lowest BCUT2D eigenvalue weighted by Gasteiger charge is -2.30. The molecule has 0 saturated heterocycles. The highest BCUT2D eigenvalue weighted by Crippen LogP contribution is 2.31. The fourth-order valence-corrected chi connectivity index (χ4v) is 3.08. The number of carbonyl (C=O) groups excluding carboxylic acids is 2. The molecule has 0 spiro atoms. The van der Waals surface area contributed by atoms with Crippen LogP contribution in [0.2, 0.25) is 0 Å². The lowest BCUT2D eigenvalue weighted by atomic mass is 10.1. The number of hydrogen-bond acceptors (Lipinski definition) is 6. The Balaban J connectivity index is 1.78. The Labute approximate surface area is 181 Å². The van der Waals surface area contributed by atoms with Crippen LogP contribution in [-0.2, 0) is 9.53 Å². The van der Waals surface area contributed by atoms with Gasteiger partial charge in [0.25, 0.3) is 0 Å². The standard InChI is InChI=1S/C20H21F3N4O5/c1-3-31-14-8-15-18(24-9-14)27(10-17(28)25-15)19(29)26-16(11-30-2)12-4-6-13(7-5-12)32-20(21,22)23/h4-9,16H,3,10-11H2,1-2H3,(H,25,28)(H,26,29). The van der Waals surface area contributed by atoms with Gasteiger partial charge in [0.05, 0.1) is 31.1 Å². The molecule has 1 aromatic carbocycles. The van der Waals surface area contributed by atoms with Crippen LogP contribution in [-0.4, -0.2) is 50.2 Å². The monoisotopic (exact) mass is 454 g/mol. The molecule has 1 aliphatic rings. The molecule has 0 aliphatic carbocycles. The molecule has 3 rings (SSSR count). The molecule has 12 heteroatoms. The van der Waals surface area contributed by atoms with Gasteiger partial charge in [0.2, 0.25) is 5.91 Å². The summed E-state index contributed by atoms with van der Waals surface area (Å²) in [7, 11) is 1.42. The number of benzene rings is 1. The Bertz CT molecular complexity index is 969. The number of urea groups is 1. The van der Waals surface area contributed by atoms with Gasteiger partial charge in [-0.3, -0.25) is 9.69 Å². The average molecular weight is 454 g/mol. The lowest BCUT2D eigenvalue weighted by molar-refractivity contribution is -0.274. The SMILES string of the molecule is CCOc1cnc2c(c1)NC(=O)CN2C(=O)NC(COC)c1ccc(OC(F)(F)F)cc1. The Morgan fingerprint density at radius 3 is 2.62 bits per heavy atom. The largest absolute Gasteiger partial charge is 0.573 e. The minimum Gasteiger partial charge on any atom is -0.492 e. The summed E-state index contributed by atoms with van der Waals surface area (Å²) in [6, 6.07) is 5.27. The number of pyridine rings is 1. The normalized spacial score (nSPS) is 14.3. The molecule has 1 atom stereocenters. The van der Waals surface area contributed by atoms with Gasteiger partial charge in [-0.2, -0.15) is 0 Å². The van der Waals surface area contributed by atoms with E-state index >= 15 is 0 Å². The lowest BCUT2D eigenvalue weighted by Crippen LogP contribution is -2.49. The number of halogens is 3. The van der Waals surface area contributed by atoms with E-state index in [1.165, 1.54) is 25.4 Å². The molecule has 0 fully saturated rings.